The van der Waals surface area contributed by atoms with Crippen LogP contribution in [0.4, 0.5) is 0 Å². The van der Waals surface area contributed by atoms with Crippen LogP contribution < -0.4 is 5.32 Å². The van der Waals surface area contributed by atoms with Gasteiger partial charge in [-0.2, -0.15) is 0 Å². The van der Waals surface area contributed by atoms with E-state index in [9.17, 15) is 9.90 Å². The maximum Gasteiger partial charge on any atom is 0.270 e. The zero-order chi connectivity index (χ0) is 19.1. The smallest absolute Gasteiger partial charge is 0.270 e. The normalized spacial score (nSPS) is 25.3. The van der Waals surface area contributed by atoms with Crippen molar-refractivity contribution >= 4 is 5.91 Å². The molecule has 3 rings (SSSR count). The van der Waals surface area contributed by atoms with Crippen LogP contribution >= 0.6 is 0 Å². The van der Waals surface area contributed by atoms with Crippen molar-refractivity contribution in [2.75, 3.05) is 26.9 Å². The summed E-state index contributed by atoms with van der Waals surface area (Å²) in [5, 5.41) is 13.0. The average molecular weight is 375 g/mol. The van der Waals surface area contributed by atoms with Gasteiger partial charge in [0.05, 0.1) is 37.7 Å². The molecule has 9 nitrogen and oxygen atoms in total. The van der Waals surface area contributed by atoms with Gasteiger partial charge in [-0.1, -0.05) is 0 Å². The third-order valence-corrected chi connectivity index (χ3v) is 4.89. The van der Waals surface area contributed by atoms with Gasteiger partial charge in [0, 0.05) is 38.2 Å². The van der Waals surface area contributed by atoms with Crippen molar-refractivity contribution in [1.29, 1.82) is 0 Å². The molecule has 146 valence electrons. The molecular formula is C18H25N5O4. The Labute approximate surface area is 157 Å². The highest BCUT2D eigenvalue weighted by Crippen LogP contribution is 2.34. The van der Waals surface area contributed by atoms with E-state index in [0.29, 0.717) is 31.7 Å². The first-order chi connectivity index (χ1) is 13.2. The molecule has 4 atom stereocenters. The maximum atomic E-state index is 12.6. The highest BCUT2D eigenvalue weighted by Gasteiger charge is 2.40. The molecule has 0 radical (unpaired) electrons. The summed E-state index contributed by atoms with van der Waals surface area (Å²) in [7, 11) is 1.63. The summed E-state index contributed by atoms with van der Waals surface area (Å²) in [6, 6.07) is 1.21. The molecule has 2 aromatic rings. The summed E-state index contributed by atoms with van der Waals surface area (Å²) in [6.45, 7) is 0.960. The second kappa shape index (κ2) is 9.54. The van der Waals surface area contributed by atoms with Crippen LogP contribution in [0.3, 0.4) is 0 Å². The Kier molecular flexibility index (Phi) is 6.86. The predicted molar refractivity (Wildman–Crippen MR) is 96.0 cm³/mol. The number of carbonyl (C=O) groups is 1. The topological polar surface area (TPSA) is 111 Å². The number of ether oxygens (including phenoxy) is 2. The molecule has 1 aliphatic carbocycles. The van der Waals surface area contributed by atoms with Gasteiger partial charge in [-0.05, 0) is 18.9 Å². The number of aliphatic hydroxyl groups excluding tert-OH is 1. The number of hydrogen-bond donors (Lipinski definition) is 2. The lowest BCUT2D eigenvalue weighted by atomic mass is 9.79. The van der Waals surface area contributed by atoms with E-state index >= 15 is 0 Å². The van der Waals surface area contributed by atoms with Crippen molar-refractivity contribution in [2.45, 2.75) is 31.0 Å². The number of amides is 1. The number of nitrogens with one attached hydrogen (secondary N) is 1. The zero-order valence-corrected chi connectivity index (χ0v) is 15.3. The molecule has 0 spiro atoms. The van der Waals surface area contributed by atoms with E-state index in [2.05, 4.69) is 20.3 Å². The van der Waals surface area contributed by atoms with Crippen molar-refractivity contribution in [3.05, 3.63) is 43.0 Å². The highest BCUT2D eigenvalue weighted by molar-refractivity contribution is 5.92. The number of carbonyl (C=O) groups excluding carboxylic acids is 1. The van der Waals surface area contributed by atoms with Gasteiger partial charge in [0.15, 0.2) is 0 Å². The van der Waals surface area contributed by atoms with Crippen molar-refractivity contribution < 1.29 is 19.4 Å². The fraction of sp³-hybridized carbons (Fsp3) is 0.556. The molecule has 0 bridgehead atoms. The maximum absolute atomic E-state index is 12.6. The quantitative estimate of drug-likeness (QED) is 0.644. The van der Waals surface area contributed by atoms with Gasteiger partial charge in [-0.3, -0.25) is 4.79 Å². The van der Waals surface area contributed by atoms with E-state index < -0.39 is 0 Å². The Morgan fingerprint density at radius 3 is 2.89 bits per heavy atom. The molecular weight excluding hydrogens is 350 g/mol. The fourth-order valence-electron chi connectivity index (χ4n) is 3.57. The first-order valence-electron chi connectivity index (χ1n) is 8.98. The zero-order valence-electron chi connectivity index (χ0n) is 15.3. The Morgan fingerprint density at radius 1 is 1.33 bits per heavy atom. The Balaban J connectivity index is 1.77. The predicted octanol–water partition coefficient (Wildman–Crippen LogP) is 0.447. The number of nitrogens with zero attached hydrogens (tertiary/aromatic N) is 4. The number of aromatic nitrogens is 4. The summed E-state index contributed by atoms with van der Waals surface area (Å²) in [5.74, 6) is -0.436. The molecule has 2 heterocycles. The van der Waals surface area contributed by atoms with Crippen LogP contribution in [0.1, 0.15) is 29.4 Å². The molecule has 0 saturated heterocycles. The minimum atomic E-state index is -0.287. The minimum Gasteiger partial charge on any atom is -0.396 e. The number of aliphatic hydroxyl groups is 1. The molecule has 1 aliphatic rings. The Bertz CT molecular complexity index is 697. The third kappa shape index (κ3) is 4.88. The Morgan fingerprint density at radius 2 is 2.22 bits per heavy atom. The van der Waals surface area contributed by atoms with Crippen molar-refractivity contribution in [1.82, 2.24) is 24.8 Å². The molecule has 2 N–H and O–H groups in total. The second-order valence-electron chi connectivity index (χ2n) is 6.57. The van der Waals surface area contributed by atoms with Gasteiger partial charge in [0.2, 0.25) is 0 Å². The fourth-order valence-corrected chi connectivity index (χ4v) is 3.57. The van der Waals surface area contributed by atoms with Gasteiger partial charge >= 0.3 is 0 Å². The molecule has 9 heteroatoms. The second-order valence-corrected chi connectivity index (χ2v) is 6.57. The van der Waals surface area contributed by atoms with Crippen LogP contribution in [0.25, 0.3) is 0 Å². The largest absolute Gasteiger partial charge is 0.396 e. The van der Waals surface area contributed by atoms with Crippen LogP contribution in [0.15, 0.2) is 37.3 Å². The van der Waals surface area contributed by atoms with Crippen molar-refractivity contribution in [3.63, 3.8) is 0 Å². The van der Waals surface area contributed by atoms with E-state index in [0.717, 1.165) is 0 Å². The highest BCUT2D eigenvalue weighted by atomic mass is 16.5. The molecule has 1 fully saturated rings. The Hall–Kier alpha value is -2.36. The van der Waals surface area contributed by atoms with Crippen molar-refractivity contribution in [2.24, 2.45) is 5.92 Å². The van der Waals surface area contributed by atoms with Gasteiger partial charge in [0.25, 0.3) is 5.91 Å². The standard InChI is InChI=1S/C18H25N5O4/c1-26-6-7-27-14-8-13(10-24)17(16(9-14)23-5-4-20-12-23)22-18(25)15-2-3-19-11-21-15/h2-5,11-14,16-17,24H,6-10H2,1H3,(H,22,25). The van der Waals surface area contributed by atoms with E-state index in [4.69, 9.17) is 9.47 Å². The van der Waals surface area contributed by atoms with E-state index in [1.807, 2.05) is 10.8 Å². The number of imidazole rings is 1. The van der Waals surface area contributed by atoms with E-state index in [-0.39, 0.29) is 36.6 Å². The van der Waals surface area contributed by atoms with Crippen LogP contribution in [0.2, 0.25) is 0 Å². The molecule has 1 saturated carbocycles. The number of methoxy groups -OCH3 is 1. The van der Waals surface area contributed by atoms with Gasteiger partial charge in [-0.15, -0.1) is 0 Å². The summed E-state index contributed by atoms with van der Waals surface area (Å²) in [5.41, 5.74) is 0.296. The molecule has 27 heavy (non-hydrogen) atoms. The molecule has 2 aromatic heterocycles. The van der Waals surface area contributed by atoms with Gasteiger partial charge < -0.3 is 24.5 Å². The lowest BCUT2D eigenvalue weighted by Crippen LogP contribution is -2.52. The first kappa shape index (κ1) is 19.4. The summed E-state index contributed by atoms with van der Waals surface area (Å²) >= 11 is 0. The SMILES string of the molecule is COCCOC1CC(CO)C(NC(=O)c2ccncn2)C(n2ccnc2)C1. The molecule has 0 aliphatic heterocycles. The van der Waals surface area contributed by atoms with Gasteiger partial charge in [0.1, 0.15) is 12.0 Å². The van der Waals surface area contributed by atoms with Crippen LogP contribution in [0, 0.1) is 5.92 Å². The lowest BCUT2D eigenvalue weighted by molar-refractivity contribution is -0.0399. The average Bonchev–Trinajstić information content (AvgIpc) is 3.24. The van der Waals surface area contributed by atoms with Crippen molar-refractivity contribution in [3.8, 4) is 0 Å². The van der Waals surface area contributed by atoms with Crippen LogP contribution in [-0.4, -0.2) is 69.6 Å². The molecule has 0 aromatic carbocycles. The molecule has 4 unspecified atom stereocenters. The first-order valence-corrected chi connectivity index (χ1v) is 8.98. The summed E-state index contributed by atoms with van der Waals surface area (Å²) in [4.78, 5) is 24.6. The third-order valence-electron chi connectivity index (χ3n) is 4.89. The minimum absolute atomic E-state index is 0.0306. The van der Waals surface area contributed by atoms with E-state index in [1.165, 1.54) is 12.5 Å². The molecule has 1 amide bonds. The summed E-state index contributed by atoms with van der Waals surface area (Å²) < 4.78 is 12.9. The van der Waals surface area contributed by atoms with E-state index in [1.54, 1.807) is 25.7 Å². The lowest BCUT2D eigenvalue weighted by Gasteiger charge is -2.42. The van der Waals surface area contributed by atoms with Crippen LogP contribution in [-0.2, 0) is 9.47 Å². The van der Waals surface area contributed by atoms with Crippen LogP contribution in [0.5, 0.6) is 0 Å². The number of hydrogen-bond acceptors (Lipinski definition) is 7. The summed E-state index contributed by atoms with van der Waals surface area (Å²) in [6.07, 6.45) is 9.47. The van der Waals surface area contributed by atoms with Gasteiger partial charge in [-0.25, -0.2) is 15.0 Å². The monoisotopic (exact) mass is 375 g/mol. The number of rotatable bonds is 8.